The van der Waals surface area contributed by atoms with E-state index < -0.39 is 59.0 Å². The molecule has 0 saturated carbocycles. The Labute approximate surface area is 668 Å². The van der Waals surface area contributed by atoms with Crippen LogP contribution in [0.2, 0.25) is 95.2 Å². The molecular weight excluding hydrogens is 1450 g/mol. The zero-order valence-electron chi connectivity index (χ0n) is 77.8. The molecule has 0 aromatic heterocycles. The van der Waals surface area contributed by atoms with E-state index in [-0.39, 0.29) is 54.7 Å². The van der Waals surface area contributed by atoms with Crippen LogP contribution in [0.25, 0.3) is 0 Å². The van der Waals surface area contributed by atoms with Crippen LogP contribution in [-0.4, -0.2) is 336 Å². The van der Waals surface area contributed by atoms with Crippen molar-refractivity contribution in [2.75, 3.05) is 97.8 Å². The molecule has 10 N–H and O–H groups in total. The van der Waals surface area contributed by atoms with Gasteiger partial charge in [0.2, 0.25) is 0 Å². The molecule has 0 radical (unpaired) electrons. The standard InChI is InChI=1S/C12H27NOSi.C11H26N2OSi.C8H20N2OSi.C8H15NO.C7H16N2O.C7H14N2O.C7H17NOSi.C6H14N2O.C6H15NOSi.C5H12N2O/c1-7-15(8-2,9-3)12(14)11(6)13-10(4)5;1-7-15(8-2,9-3)11(14)10(4)12-13(5)6;1-7(9-10(2)3)8(11)12(4,5)6;1-5-8(10)7(4)9-6(2)3;2*1-5-7(10)6(2)8-9(3)4;1-6(7(2)9)8-10(3,4)5;1-5(6(2)9)7-8(3)4;1-6(5-8)7-9(2,3)4;1-5(4-8)6-7(2)3/h10,12,14H,7-9H2,1-6H3;11,14H,7-9H2,1-6H3;8,11H,1-6H3;5-6,8,10H,1H2,2-4H3;7,10H,5H2,1-4H3;5,7,10H,1H2,2-4H3;7,9H,1-5H3;6,9H,1-4H3;8H,5H2,1-4H3;8H,4H2,1-3H3. The van der Waals surface area contributed by atoms with Crippen molar-refractivity contribution in [2.24, 2.45) is 49.9 Å². The van der Waals surface area contributed by atoms with Crippen molar-refractivity contribution in [3.05, 3.63) is 25.3 Å². The molecule has 0 aromatic rings. The summed E-state index contributed by atoms with van der Waals surface area (Å²) in [6.07, 6.45) is 1.23. The fourth-order valence-electron chi connectivity index (χ4n) is 9.27. The number of hydrogen-bond acceptors (Lipinski definition) is 26. The molecule has 26 nitrogen and oxygen atoms in total. The lowest BCUT2D eigenvalue weighted by Gasteiger charge is -2.33. The SMILES string of the molecule is C=CC(O)C(C)=NC(C)C.C=CC(O)C(C)=NN(C)C.CC(=NN(C)C)C(C)O.CC(=NN(C)C)C(O)[Si](C)(C)C.CC(=N[Si](C)(C)C)C(C)O.CC(CO)=NN(C)C.CC(CO)=N[Si](C)(C)C.CCC(O)C(C)=NN(C)C.CC[Si](CC)(CC)C(O)C(C)=NC(C)C.CC[Si](CC)(CC)C(O)C(C)=NN(C)C. The van der Waals surface area contributed by atoms with Crippen molar-refractivity contribution < 1.29 is 51.1 Å². The third-order valence-electron chi connectivity index (χ3n) is 15.4. The molecule has 0 aliphatic rings. The largest absolute Gasteiger partial charge is 0.391 e. The second kappa shape index (κ2) is 68.3. The first-order valence-electron chi connectivity index (χ1n) is 38.3. The van der Waals surface area contributed by atoms with Crippen molar-refractivity contribution in [2.45, 2.75) is 321 Å². The van der Waals surface area contributed by atoms with Gasteiger partial charge in [-0.1, -0.05) is 117 Å². The normalized spacial score (nSPS) is 15.2. The lowest BCUT2D eigenvalue weighted by Crippen LogP contribution is -2.50. The zero-order chi connectivity index (χ0) is 88.4. The zero-order valence-corrected chi connectivity index (χ0v) is 82.8. The van der Waals surface area contributed by atoms with Gasteiger partial charge in [0.25, 0.3) is 0 Å². The summed E-state index contributed by atoms with van der Waals surface area (Å²) in [6.45, 7) is 71.5. The van der Waals surface area contributed by atoms with E-state index in [9.17, 15) is 20.4 Å². The van der Waals surface area contributed by atoms with E-state index in [4.69, 9.17) is 30.6 Å². The van der Waals surface area contributed by atoms with Gasteiger partial charge in [-0.25, -0.2) is 0 Å². The highest BCUT2D eigenvalue weighted by atomic mass is 28.3. The number of aliphatic hydroxyl groups is 10. The Bertz CT molecular complexity index is 2490. The third-order valence-corrected chi connectivity index (χ3v) is 31.1. The number of aliphatic imine (C=N–C) groups is 2. The Balaban J connectivity index is -0.000000124. The van der Waals surface area contributed by atoms with Crippen LogP contribution in [0.4, 0.5) is 0 Å². The Hall–Kier alpha value is -4.34. The predicted molar refractivity (Wildman–Crippen MR) is 492 cm³/mol. The smallest absolute Gasteiger partial charge is 0.172 e. The summed E-state index contributed by atoms with van der Waals surface area (Å²) in [6, 6.07) is 7.35. The Kier molecular flexibility index (Phi) is 78.7. The van der Waals surface area contributed by atoms with E-state index in [1.54, 1.807) is 85.7 Å². The minimum Gasteiger partial charge on any atom is -0.391 e. The van der Waals surface area contributed by atoms with E-state index in [1.165, 1.54) is 12.2 Å². The van der Waals surface area contributed by atoms with Crippen molar-refractivity contribution in [1.29, 1.82) is 0 Å². The molecule has 0 saturated heterocycles. The molecule has 0 aliphatic carbocycles. The van der Waals surface area contributed by atoms with Crippen LogP contribution in [0.3, 0.4) is 0 Å². The second-order valence-corrected chi connectivity index (χ2v) is 56.9. The highest BCUT2D eigenvalue weighted by Gasteiger charge is 2.38. The van der Waals surface area contributed by atoms with Gasteiger partial charge in [-0.3, -0.25) is 9.98 Å². The van der Waals surface area contributed by atoms with Gasteiger partial charge in [0.15, 0.2) is 16.5 Å². The number of rotatable bonds is 32. The first kappa shape index (κ1) is 125. The van der Waals surface area contributed by atoms with Crippen molar-refractivity contribution in [3.8, 4) is 0 Å². The Morgan fingerprint density at radius 3 is 0.796 bits per heavy atom. The molecule has 0 rings (SSSR count). The summed E-state index contributed by atoms with van der Waals surface area (Å²) in [5.74, 6) is 0. The van der Waals surface area contributed by atoms with E-state index in [0.717, 1.165) is 94.1 Å². The summed E-state index contributed by atoms with van der Waals surface area (Å²) in [7, 11) is 14.8. The van der Waals surface area contributed by atoms with Crippen molar-refractivity contribution in [1.82, 2.24) is 30.1 Å². The molecule has 0 aliphatic heterocycles. The number of nitrogens with zero attached hydrogens (tertiary/aromatic N) is 16. The van der Waals surface area contributed by atoms with Crippen LogP contribution in [0.1, 0.15) is 166 Å². The van der Waals surface area contributed by atoms with Gasteiger partial charge in [-0.05, 0) is 156 Å². The lowest BCUT2D eigenvalue weighted by atomic mass is 10.2. The van der Waals surface area contributed by atoms with Crippen LogP contribution >= 0.6 is 0 Å². The molecule has 8 unspecified atom stereocenters. The number of hydrazone groups is 6. The van der Waals surface area contributed by atoms with E-state index in [0.29, 0.717) is 5.71 Å². The third kappa shape index (κ3) is 77.0. The van der Waals surface area contributed by atoms with Gasteiger partial charge in [0, 0.05) is 120 Å². The lowest BCUT2D eigenvalue weighted by molar-refractivity contribution is 0.233. The van der Waals surface area contributed by atoms with Gasteiger partial charge < -0.3 is 90.4 Å². The van der Waals surface area contributed by atoms with E-state index >= 15 is 0 Å². The fraction of sp³-hybridized carbons (Fsp3) is 0.818. The fourth-order valence-corrected chi connectivity index (χ4v) is 20.3. The quantitative estimate of drug-likeness (QED) is 0.0129. The molecule has 644 valence electrons. The molecule has 8 atom stereocenters. The molecule has 0 spiro atoms. The predicted octanol–water partition coefficient (Wildman–Crippen LogP) is 12.5. The van der Waals surface area contributed by atoms with Gasteiger partial charge in [-0.2, -0.15) is 30.6 Å². The summed E-state index contributed by atoms with van der Waals surface area (Å²) in [4.78, 5) is 8.63. The molecule has 0 bridgehead atoms. The first-order valence-corrected chi connectivity index (χ1v) is 54.1. The number of aliphatic hydroxyl groups excluding tert-OH is 10. The Morgan fingerprint density at radius 1 is 0.333 bits per heavy atom. The maximum Gasteiger partial charge on any atom is 0.172 e. The monoisotopic (exact) mass is 1630 g/mol. The van der Waals surface area contributed by atoms with E-state index in [1.807, 2.05) is 133 Å². The summed E-state index contributed by atoms with van der Waals surface area (Å²) < 4.78 is 8.75. The summed E-state index contributed by atoms with van der Waals surface area (Å²) in [5.41, 5.74) is 7.10. The van der Waals surface area contributed by atoms with Crippen LogP contribution < -0.4 is 0 Å². The second-order valence-electron chi connectivity index (χ2n) is 31.7. The van der Waals surface area contributed by atoms with Gasteiger partial charge in [0.1, 0.15) is 12.2 Å². The minimum atomic E-state index is -1.55. The van der Waals surface area contributed by atoms with Crippen LogP contribution in [0.5, 0.6) is 0 Å². The summed E-state index contributed by atoms with van der Waals surface area (Å²) >= 11 is 0. The van der Waals surface area contributed by atoms with Crippen LogP contribution in [-0.2, 0) is 0 Å². The van der Waals surface area contributed by atoms with Crippen molar-refractivity contribution in [3.63, 3.8) is 0 Å². The average Bonchev–Trinajstić information content (AvgIpc) is 0.837. The molecule has 31 heteroatoms. The molecular formula is C77H176N16O10Si5. The minimum absolute atomic E-state index is 0.0399. The first-order chi connectivity index (χ1) is 48.8. The maximum atomic E-state index is 10.4. The maximum absolute atomic E-state index is 10.4. The molecule has 0 fully saturated rings. The highest BCUT2D eigenvalue weighted by molar-refractivity contribution is 6.84. The van der Waals surface area contributed by atoms with Gasteiger partial charge in [-0.15, -0.1) is 13.2 Å². The van der Waals surface area contributed by atoms with Gasteiger partial charge in [0.05, 0.1) is 107 Å². The summed E-state index contributed by atoms with van der Waals surface area (Å²) in [5, 5.41) is 128. The topological polar surface area (TPSA) is 345 Å². The van der Waals surface area contributed by atoms with Crippen molar-refractivity contribution >= 4 is 97.8 Å². The average molecular weight is 1630 g/mol. The molecule has 108 heavy (non-hydrogen) atoms. The molecule has 0 heterocycles. The molecule has 0 aromatic carbocycles. The highest BCUT2D eigenvalue weighted by Crippen LogP contribution is 2.26. The van der Waals surface area contributed by atoms with Crippen LogP contribution in [0, 0.1) is 0 Å². The molecule has 0 amide bonds. The Morgan fingerprint density at radius 2 is 0.593 bits per heavy atom. The van der Waals surface area contributed by atoms with Crippen LogP contribution in [0.15, 0.2) is 75.2 Å². The number of hydrogen-bond donors (Lipinski definition) is 10. The van der Waals surface area contributed by atoms with Gasteiger partial charge >= 0.3 is 0 Å². The van der Waals surface area contributed by atoms with E-state index in [2.05, 4.69) is 177 Å².